The van der Waals surface area contributed by atoms with Gasteiger partial charge < -0.3 is 0 Å². The highest BCUT2D eigenvalue weighted by molar-refractivity contribution is 7.23. The Morgan fingerprint density at radius 2 is 1.30 bits per heavy atom. The van der Waals surface area contributed by atoms with Crippen LogP contribution in [0.1, 0.15) is 122 Å². The summed E-state index contributed by atoms with van der Waals surface area (Å²) in [5.74, 6) is 0. The minimum atomic E-state index is 0.0297. The zero-order valence-corrected chi connectivity index (χ0v) is 29.8. The molecule has 0 bridgehead atoms. The van der Waals surface area contributed by atoms with E-state index in [4.69, 9.17) is 4.98 Å². The summed E-state index contributed by atoms with van der Waals surface area (Å²) in [5.41, 5.74) is 13.5. The van der Waals surface area contributed by atoms with Crippen LogP contribution in [0.15, 0.2) is 54.7 Å². The van der Waals surface area contributed by atoms with Gasteiger partial charge in [0, 0.05) is 22.2 Å². The zero-order chi connectivity index (χ0) is 31.8. The van der Waals surface area contributed by atoms with Crippen LogP contribution < -0.4 is 0 Å². The van der Waals surface area contributed by atoms with E-state index in [0.29, 0.717) is 0 Å². The van der Waals surface area contributed by atoms with Gasteiger partial charge in [-0.25, -0.2) is 0 Å². The Morgan fingerprint density at radius 1 is 0.705 bits per heavy atom. The van der Waals surface area contributed by atoms with Crippen LogP contribution in [0.2, 0.25) is 0 Å². The Labute approximate surface area is 269 Å². The van der Waals surface area contributed by atoms with Crippen molar-refractivity contribution in [2.24, 2.45) is 0 Å². The van der Waals surface area contributed by atoms with Gasteiger partial charge in [0.1, 0.15) is 0 Å². The number of nitrogens with zero attached hydrogens (tertiary/aromatic N) is 1. The van der Waals surface area contributed by atoms with E-state index < -0.39 is 0 Å². The van der Waals surface area contributed by atoms with Crippen LogP contribution >= 0.6 is 11.3 Å². The van der Waals surface area contributed by atoms with Gasteiger partial charge in [-0.15, -0.1) is 11.3 Å². The molecule has 2 aliphatic rings. The Kier molecular flexibility index (Phi) is 6.12. The van der Waals surface area contributed by atoms with Crippen molar-refractivity contribution in [1.29, 1.82) is 0 Å². The average molecular weight is 600 g/mol. The fourth-order valence-corrected chi connectivity index (χ4v) is 11.0. The fourth-order valence-electron chi connectivity index (χ4n) is 9.62. The van der Waals surface area contributed by atoms with Crippen LogP contribution in [-0.4, -0.2) is 4.98 Å². The second kappa shape index (κ2) is 9.06. The van der Waals surface area contributed by atoms with Gasteiger partial charge in [-0.2, -0.15) is 0 Å². The minimum Gasteiger partial charge on any atom is -0.255 e. The molecule has 3 aromatic carbocycles. The number of hydrogen-bond donors (Lipinski definition) is 0. The van der Waals surface area contributed by atoms with Crippen molar-refractivity contribution in [2.45, 2.75) is 123 Å². The van der Waals surface area contributed by atoms with E-state index in [1.807, 2.05) is 17.5 Å². The normalized spacial score (nSPS) is 19.5. The van der Waals surface area contributed by atoms with E-state index in [1.54, 1.807) is 27.8 Å². The lowest BCUT2D eigenvalue weighted by Crippen LogP contribution is -2.20. The van der Waals surface area contributed by atoms with Gasteiger partial charge in [-0.1, -0.05) is 106 Å². The van der Waals surface area contributed by atoms with Crippen LogP contribution in [0.25, 0.3) is 42.6 Å². The Hall–Kier alpha value is -2.97. The van der Waals surface area contributed by atoms with E-state index in [0.717, 1.165) is 5.69 Å². The summed E-state index contributed by atoms with van der Waals surface area (Å²) < 4.78 is 1.31. The van der Waals surface area contributed by atoms with Crippen molar-refractivity contribution in [3.63, 3.8) is 0 Å². The third-order valence-electron chi connectivity index (χ3n) is 10.9. The van der Waals surface area contributed by atoms with E-state index >= 15 is 0 Å². The molecule has 0 N–H and O–H groups in total. The van der Waals surface area contributed by atoms with Gasteiger partial charge in [0.25, 0.3) is 0 Å². The lowest BCUT2D eigenvalue weighted by Gasteiger charge is -2.29. The van der Waals surface area contributed by atoms with E-state index in [9.17, 15) is 0 Å². The summed E-state index contributed by atoms with van der Waals surface area (Å²) in [6.45, 7) is 29.2. The molecule has 2 heteroatoms. The molecule has 2 aliphatic carbocycles. The first-order valence-corrected chi connectivity index (χ1v) is 17.3. The van der Waals surface area contributed by atoms with E-state index in [1.165, 1.54) is 55.3 Å². The number of rotatable bonds is 2. The predicted molar refractivity (Wildman–Crippen MR) is 193 cm³/mol. The maximum absolute atomic E-state index is 5.11. The molecule has 228 valence electrons. The molecule has 0 atom stereocenters. The van der Waals surface area contributed by atoms with Crippen LogP contribution in [0.4, 0.5) is 0 Å². The maximum Gasteiger partial charge on any atom is 0.0880 e. The molecule has 5 aromatic rings. The summed E-state index contributed by atoms with van der Waals surface area (Å²) >= 11 is 1.99. The number of hydrogen-bond acceptors (Lipinski definition) is 2. The molecule has 2 heterocycles. The first-order chi connectivity index (χ1) is 20.3. The molecule has 1 nitrogen and oxygen atoms in total. The molecule has 0 aliphatic heterocycles. The Bertz CT molecular complexity index is 1950. The zero-order valence-electron chi connectivity index (χ0n) is 29.0. The third-order valence-corrected chi connectivity index (χ3v) is 12.3. The lowest BCUT2D eigenvalue weighted by molar-refractivity contribution is 0.396. The Balaban J connectivity index is 1.57. The van der Waals surface area contributed by atoms with Gasteiger partial charge >= 0.3 is 0 Å². The SMILES string of the molecule is Cc1c(-c2c3c(cc4c2C(C)(C)CC4(C)C)C(C)(C)CC3(C)C)sc2c(-c3cc(C(C)(C)C)c4ccccc4c3)nccc12. The van der Waals surface area contributed by atoms with Crippen molar-refractivity contribution in [3.05, 3.63) is 88.1 Å². The number of benzene rings is 3. The standard InChI is InChI=1S/C42H49NS/c1-24-27-17-18-43-35(26-19-25-15-13-14-16-28(25)29(20-26)38(2,3)4)37(27)44-36(24)32-33-30(39(5,6)22-41(33,9)10)21-31-34(32)42(11,12)23-40(31,7)8/h13-21H,22-23H2,1-12H3. The monoisotopic (exact) mass is 599 g/mol. The molecular formula is C42H49NS. The molecular weight excluding hydrogens is 551 g/mol. The van der Waals surface area contributed by atoms with Crippen LogP contribution in [-0.2, 0) is 27.1 Å². The highest BCUT2D eigenvalue weighted by Crippen LogP contribution is 2.62. The number of fused-ring (bicyclic) bond motifs is 4. The van der Waals surface area contributed by atoms with Crippen molar-refractivity contribution < 1.29 is 0 Å². The molecule has 0 saturated heterocycles. The van der Waals surface area contributed by atoms with Gasteiger partial charge in [-0.05, 0) is 115 Å². The maximum atomic E-state index is 5.11. The van der Waals surface area contributed by atoms with Crippen molar-refractivity contribution in [3.8, 4) is 21.7 Å². The van der Waals surface area contributed by atoms with Crippen LogP contribution in [0.3, 0.4) is 0 Å². The first-order valence-electron chi connectivity index (χ1n) is 16.5. The van der Waals surface area contributed by atoms with Crippen LogP contribution in [0.5, 0.6) is 0 Å². The topological polar surface area (TPSA) is 12.9 Å². The van der Waals surface area contributed by atoms with E-state index in [2.05, 4.69) is 132 Å². The second-order valence-electron chi connectivity index (χ2n) is 17.6. The lowest BCUT2D eigenvalue weighted by atomic mass is 9.75. The smallest absolute Gasteiger partial charge is 0.0880 e. The van der Waals surface area contributed by atoms with Gasteiger partial charge in [0.15, 0.2) is 0 Å². The largest absolute Gasteiger partial charge is 0.255 e. The predicted octanol–water partition coefficient (Wildman–Crippen LogP) is 12.3. The summed E-state index contributed by atoms with van der Waals surface area (Å²) in [6.07, 6.45) is 4.39. The number of thiophene rings is 1. The van der Waals surface area contributed by atoms with Crippen molar-refractivity contribution >= 4 is 32.2 Å². The fraction of sp³-hybridized carbons (Fsp3) is 0.452. The Morgan fingerprint density at radius 3 is 1.89 bits per heavy atom. The van der Waals surface area contributed by atoms with E-state index in [-0.39, 0.29) is 27.1 Å². The van der Waals surface area contributed by atoms with Crippen molar-refractivity contribution in [2.75, 3.05) is 0 Å². The van der Waals surface area contributed by atoms with Gasteiger partial charge in [0.2, 0.25) is 0 Å². The highest BCUT2D eigenvalue weighted by Gasteiger charge is 2.51. The summed E-state index contributed by atoms with van der Waals surface area (Å²) in [5, 5.41) is 3.97. The quantitative estimate of drug-likeness (QED) is 0.197. The highest BCUT2D eigenvalue weighted by atomic mass is 32.1. The summed E-state index contributed by atoms with van der Waals surface area (Å²) in [4.78, 5) is 6.57. The van der Waals surface area contributed by atoms with Gasteiger partial charge in [-0.3, -0.25) is 4.98 Å². The molecule has 0 amide bonds. The number of aryl methyl sites for hydroxylation is 1. The number of pyridine rings is 1. The third kappa shape index (κ3) is 4.19. The summed E-state index contributed by atoms with van der Waals surface area (Å²) in [7, 11) is 0. The molecule has 0 saturated carbocycles. The van der Waals surface area contributed by atoms with Crippen LogP contribution in [0, 0.1) is 6.92 Å². The number of aromatic nitrogens is 1. The first kappa shape index (κ1) is 29.7. The molecule has 7 rings (SSSR count). The van der Waals surface area contributed by atoms with Gasteiger partial charge in [0.05, 0.1) is 10.4 Å². The average Bonchev–Trinajstić information content (AvgIpc) is 3.42. The molecule has 2 aromatic heterocycles. The minimum absolute atomic E-state index is 0.0297. The molecule has 0 fully saturated rings. The summed E-state index contributed by atoms with van der Waals surface area (Å²) in [6, 6.07) is 18.5. The molecule has 0 unspecified atom stereocenters. The molecule has 0 spiro atoms. The second-order valence-corrected chi connectivity index (χ2v) is 18.6. The van der Waals surface area contributed by atoms with Crippen molar-refractivity contribution in [1.82, 2.24) is 4.98 Å². The molecule has 0 radical (unpaired) electrons. The molecule has 44 heavy (non-hydrogen) atoms.